The van der Waals surface area contributed by atoms with Crippen molar-refractivity contribution in [2.24, 2.45) is 4.99 Å². The number of carbonyl (C=O) groups excluding carboxylic acids is 1. The molecule has 0 aromatic heterocycles. The van der Waals surface area contributed by atoms with Crippen molar-refractivity contribution in [3.8, 4) is 11.5 Å². The van der Waals surface area contributed by atoms with Gasteiger partial charge in [0.2, 0.25) is 5.91 Å². The molecule has 3 rings (SSSR count). The van der Waals surface area contributed by atoms with E-state index in [-0.39, 0.29) is 29.9 Å². The Morgan fingerprint density at radius 1 is 1.14 bits per heavy atom. The van der Waals surface area contributed by atoms with Crippen LogP contribution in [0.15, 0.2) is 17.1 Å². The summed E-state index contributed by atoms with van der Waals surface area (Å²) in [5, 5.41) is 3.41. The fourth-order valence-corrected chi connectivity index (χ4v) is 3.88. The Bertz CT molecular complexity index is 726. The van der Waals surface area contributed by atoms with Crippen LogP contribution in [0.5, 0.6) is 11.5 Å². The van der Waals surface area contributed by atoms with E-state index in [1.54, 1.807) is 14.2 Å². The highest BCUT2D eigenvalue weighted by Gasteiger charge is 2.22. The molecule has 0 spiro atoms. The number of methoxy groups -OCH3 is 2. The van der Waals surface area contributed by atoms with Gasteiger partial charge in [0.1, 0.15) is 0 Å². The Morgan fingerprint density at radius 2 is 1.86 bits per heavy atom. The molecule has 1 N–H and O–H groups in total. The Morgan fingerprint density at radius 3 is 2.48 bits per heavy atom. The number of hydrogen-bond donors (Lipinski definition) is 1. The molecule has 0 radical (unpaired) electrons. The molecule has 0 aliphatic carbocycles. The first-order chi connectivity index (χ1) is 13.7. The smallest absolute Gasteiger partial charge is 0.222 e. The lowest BCUT2D eigenvalue weighted by Gasteiger charge is -2.32. The van der Waals surface area contributed by atoms with E-state index in [2.05, 4.69) is 29.3 Å². The van der Waals surface area contributed by atoms with Gasteiger partial charge in [0.05, 0.1) is 14.2 Å². The van der Waals surface area contributed by atoms with Crippen LogP contribution in [0, 0.1) is 0 Å². The third-order valence-electron chi connectivity index (χ3n) is 5.37. The van der Waals surface area contributed by atoms with Crippen LogP contribution >= 0.6 is 24.0 Å². The van der Waals surface area contributed by atoms with Crippen LogP contribution < -0.4 is 14.8 Å². The molecule has 0 atom stereocenters. The molecule has 0 saturated carbocycles. The average molecular weight is 516 g/mol. The summed E-state index contributed by atoms with van der Waals surface area (Å²) in [4.78, 5) is 20.8. The van der Waals surface area contributed by atoms with Crippen LogP contribution in [0.25, 0.3) is 0 Å². The fourth-order valence-electron chi connectivity index (χ4n) is 3.88. The van der Waals surface area contributed by atoms with Crippen LogP contribution in [-0.4, -0.2) is 68.6 Å². The van der Waals surface area contributed by atoms with Gasteiger partial charge in [0, 0.05) is 45.7 Å². The number of guanidine groups is 1. The second-order valence-electron chi connectivity index (χ2n) is 7.22. The number of fused-ring (bicyclic) bond motifs is 1. The maximum absolute atomic E-state index is 11.7. The van der Waals surface area contributed by atoms with Crippen molar-refractivity contribution < 1.29 is 14.3 Å². The van der Waals surface area contributed by atoms with Gasteiger partial charge in [0.25, 0.3) is 0 Å². The number of nitrogens with one attached hydrogen (secondary N) is 1. The fraction of sp³-hybridized carbons (Fsp3) is 0.619. The predicted octanol–water partition coefficient (Wildman–Crippen LogP) is 2.66. The first-order valence-corrected chi connectivity index (χ1v) is 10.2. The molecule has 2 heterocycles. The third kappa shape index (κ3) is 5.90. The summed E-state index contributed by atoms with van der Waals surface area (Å²) in [5.74, 6) is 2.77. The highest BCUT2D eigenvalue weighted by Crippen LogP contribution is 2.33. The minimum Gasteiger partial charge on any atom is -0.493 e. The zero-order chi connectivity index (χ0) is 19.9. The van der Waals surface area contributed by atoms with E-state index >= 15 is 0 Å². The van der Waals surface area contributed by atoms with Crippen molar-refractivity contribution in [2.75, 3.05) is 46.9 Å². The number of aliphatic imine (C=N–C) groups is 1. The molecule has 1 fully saturated rings. The number of rotatable bonds is 7. The lowest BCUT2D eigenvalue weighted by Crippen LogP contribution is -2.44. The minimum absolute atomic E-state index is 0. The number of nitrogens with zero attached hydrogens (tertiary/aromatic N) is 3. The number of halogens is 1. The lowest BCUT2D eigenvalue weighted by atomic mass is 9.99. The van der Waals surface area contributed by atoms with E-state index < -0.39 is 0 Å². The number of carbonyl (C=O) groups is 1. The largest absolute Gasteiger partial charge is 0.493 e. The van der Waals surface area contributed by atoms with Gasteiger partial charge >= 0.3 is 0 Å². The van der Waals surface area contributed by atoms with Crippen molar-refractivity contribution in [1.82, 2.24) is 15.1 Å². The van der Waals surface area contributed by atoms with Gasteiger partial charge in [-0.1, -0.05) is 0 Å². The van der Waals surface area contributed by atoms with Crippen molar-refractivity contribution >= 4 is 35.8 Å². The van der Waals surface area contributed by atoms with Crippen molar-refractivity contribution in [3.05, 3.63) is 23.3 Å². The van der Waals surface area contributed by atoms with Gasteiger partial charge in [-0.3, -0.25) is 9.79 Å². The van der Waals surface area contributed by atoms with Gasteiger partial charge in [-0.05, 0) is 49.4 Å². The molecule has 162 valence electrons. The van der Waals surface area contributed by atoms with E-state index in [9.17, 15) is 4.79 Å². The first-order valence-electron chi connectivity index (χ1n) is 10.2. The van der Waals surface area contributed by atoms with Crippen molar-refractivity contribution in [1.29, 1.82) is 0 Å². The van der Waals surface area contributed by atoms with E-state index in [4.69, 9.17) is 14.5 Å². The van der Waals surface area contributed by atoms with Crippen LogP contribution in [-0.2, 0) is 17.8 Å². The van der Waals surface area contributed by atoms with Gasteiger partial charge in [-0.25, -0.2) is 0 Å². The summed E-state index contributed by atoms with van der Waals surface area (Å²) < 4.78 is 10.9. The average Bonchev–Trinajstić information content (AvgIpc) is 3.13. The second-order valence-corrected chi connectivity index (χ2v) is 7.22. The van der Waals surface area contributed by atoms with Gasteiger partial charge in [-0.2, -0.15) is 0 Å². The number of likely N-dealkylation sites (tertiary alicyclic amines) is 1. The molecular weight excluding hydrogens is 483 g/mol. The molecular formula is C21H33IN4O3. The zero-order valence-corrected chi connectivity index (χ0v) is 20.0. The highest BCUT2D eigenvalue weighted by molar-refractivity contribution is 14.0. The van der Waals surface area contributed by atoms with Gasteiger partial charge in [-0.15, -0.1) is 24.0 Å². The third-order valence-corrected chi connectivity index (χ3v) is 5.37. The molecule has 0 bridgehead atoms. The zero-order valence-electron chi connectivity index (χ0n) is 17.7. The monoisotopic (exact) mass is 516 g/mol. The van der Waals surface area contributed by atoms with Crippen molar-refractivity contribution in [3.63, 3.8) is 0 Å². The van der Waals surface area contributed by atoms with Crippen LogP contribution in [0.2, 0.25) is 0 Å². The standard InChI is InChI=1S/C21H32N4O3.HI/c1-4-22-21(23-9-6-11-24-10-5-7-20(24)26)25-12-8-16-13-18(27-2)19(28-3)14-17(16)15-25;/h13-14H,4-12,15H2,1-3H3,(H,22,23);1H. The van der Waals surface area contributed by atoms with E-state index in [0.717, 1.165) is 76.0 Å². The maximum atomic E-state index is 11.7. The Kier molecular flexibility index (Phi) is 9.32. The van der Waals surface area contributed by atoms with Crippen LogP contribution in [0.1, 0.15) is 37.3 Å². The van der Waals surface area contributed by atoms with E-state index in [1.807, 2.05) is 4.90 Å². The number of amides is 1. The molecule has 29 heavy (non-hydrogen) atoms. The summed E-state index contributed by atoms with van der Waals surface area (Å²) in [6.07, 6.45) is 3.54. The number of hydrogen-bond acceptors (Lipinski definition) is 4. The minimum atomic E-state index is 0. The summed E-state index contributed by atoms with van der Waals surface area (Å²) in [5.41, 5.74) is 2.55. The molecule has 1 aromatic rings. The van der Waals surface area contributed by atoms with Crippen LogP contribution in [0.3, 0.4) is 0 Å². The quantitative estimate of drug-likeness (QED) is 0.261. The molecule has 7 nitrogen and oxygen atoms in total. The normalized spacial score (nSPS) is 16.4. The summed E-state index contributed by atoms with van der Waals surface area (Å²) in [6.45, 7) is 7.06. The van der Waals surface area contributed by atoms with Gasteiger partial charge in [0.15, 0.2) is 17.5 Å². The van der Waals surface area contributed by atoms with Gasteiger partial charge < -0.3 is 24.6 Å². The Hall–Kier alpha value is -1.71. The van der Waals surface area contributed by atoms with Crippen molar-refractivity contribution in [2.45, 2.75) is 39.2 Å². The molecule has 2 aliphatic heterocycles. The molecule has 1 amide bonds. The highest BCUT2D eigenvalue weighted by atomic mass is 127. The van der Waals surface area contributed by atoms with Crippen LogP contribution in [0.4, 0.5) is 0 Å². The number of benzene rings is 1. The van der Waals surface area contributed by atoms with E-state index in [1.165, 1.54) is 11.1 Å². The summed E-state index contributed by atoms with van der Waals surface area (Å²) >= 11 is 0. The lowest BCUT2D eigenvalue weighted by molar-refractivity contribution is -0.127. The Balaban J connectivity index is 0.00000300. The molecule has 8 heteroatoms. The number of ether oxygens (including phenoxy) is 2. The summed E-state index contributed by atoms with van der Waals surface area (Å²) in [6, 6.07) is 4.16. The second kappa shape index (κ2) is 11.5. The SMILES string of the molecule is CCNC(=NCCCN1CCCC1=O)N1CCc2cc(OC)c(OC)cc2C1.I. The first kappa shape index (κ1) is 23.6. The molecule has 1 saturated heterocycles. The maximum Gasteiger partial charge on any atom is 0.222 e. The topological polar surface area (TPSA) is 66.4 Å². The molecule has 2 aliphatic rings. The molecule has 1 aromatic carbocycles. The predicted molar refractivity (Wildman–Crippen MR) is 125 cm³/mol. The van der Waals surface area contributed by atoms with E-state index in [0.29, 0.717) is 6.42 Å². The summed E-state index contributed by atoms with van der Waals surface area (Å²) in [7, 11) is 3.34. The Labute approximate surface area is 190 Å². The molecule has 0 unspecified atom stereocenters.